The van der Waals surface area contributed by atoms with Gasteiger partial charge in [-0.1, -0.05) is 13.8 Å². The fourth-order valence-corrected chi connectivity index (χ4v) is 3.01. The Morgan fingerprint density at radius 1 is 1.04 bits per heavy atom. The summed E-state index contributed by atoms with van der Waals surface area (Å²) in [6.45, 7) is 4.06. The number of anilines is 2. The first-order valence-corrected chi connectivity index (χ1v) is 8.43. The summed E-state index contributed by atoms with van der Waals surface area (Å²) in [7, 11) is 0. The molecule has 0 saturated carbocycles. The van der Waals surface area contributed by atoms with Gasteiger partial charge in [0.25, 0.3) is 0 Å². The summed E-state index contributed by atoms with van der Waals surface area (Å²) >= 11 is 0. The minimum absolute atomic E-state index is 0.102. The number of nitrogens with zero attached hydrogens (tertiary/aromatic N) is 1. The molecule has 1 aliphatic carbocycles. The molecule has 2 aromatic carbocycles. The van der Waals surface area contributed by atoms with Crippen molar-refractivity contribution in [3.63, 3.8) is 0 Å². The first-order chi connectivity index (χ1) is 12.4. The van der Waals surface area contributed by atoms with E-state index in [4.69, 9.17) is 10.5 Å². The summed E-state index contributed by atoms with van der Waals surface area (Å²) in [6.07, 6.45) is 1.06. The first-order valence-electron chi connectivity index (χ1n) is 8.43. The molecule has 0 bridgehead atoms. The van der Waals surface area contributed by atoms with Crippen molar-refractivity contribution in [1.82, 2.24) is 0 Å². The number of nitrogen functional groups attached to an aromatic ring is 1. The van der Waals surface area contributed by atoms with Crippen LogP contribution in [0.15, 0.2) is 59.8 Å². The van der Waals surface area contributed by atoms with Gasteiger partial charge in [0.15, 0.2) is 5.78 Å². The normalized spacial score (nSPS) is 16.1. The van der Waals surface area contributed by atoms with Crippen molar-refractivity contribution in [3.8, 4) is 17.6 Å². The standard InChI is InChI=1S/C21H21N3O2/c1-21(2)11-19(18(13-22)20(25)12-21)24-15-5-9-17(10-6-15)26-16-7-3-14(23)4-8-16/h3-10,24H,11-12,23H2,1-2H3. The average Bonchev–Trinajstić information content (AvgIpc) is 2.57. The van der Waals surface area contributed by atoms with Crippen molar-refractivity contribution in [1.29, 1.82) is 5.26 Å². The third-order valence-corrected chi connectivity index (χ3v) is 4.25. The Kier molecular flexibility index (Phi) is 4.68. The van der Waals surface area contributed by atoms with E-state index in [1.807, 2.05) is 44.2 Å². The summed E-state index contributed by atoms with van der Waals surface area (Å²) < 4.78 is 5.77. The van der Waals surface area contributed by atoms with Gasteiger partial charge in [0, 0.05) is 23.5 Å². The Labute approximate surface area is 153 Å². The summed E-state index contributed by atoms with van der Waals surface area (Å²) in [5.74, 6) is 1.29. The molecule has 0 saturated heterocycles. The third-order valence-electron chi connectivity index (χ3n) is 4.25. The Morgan fingerprint density at radius 3 is 2.19 bits per heavy atom. The Bertz CT molecular complexity index is 888. The number of ether oxygens (including phenoxy) is 1. The maximum absolute atomic E-state index is 12.2. The van der Waals surface area contributed by atoms with Crippen LogP contribution in [0.3, 0.4) is 0 Å². The molecular weight excluding hydrogens is 326 g/mol. The number of nitriles is 1. The number of benzene rings is 2. The second-order valence-corrected chi connectivity index (χ2v) is 7.23. The molecule has 0 unspecified atom stereocenters. The van der Waals surface area contributed by atoms with Gasteiger partial charge in [0.1, 0.15) is 23.1 Å². The lowest BCUT2D eigenvalue weighted by molar-refractivity contribution is -0.117. The molecule has 26 heavy (non-hydrogen) atoms. The molecule has 3 N–H and O–H groups in total. The molecule has 0 aliphatic heterocycles. The lowest BCUT2D eigenvalue weighted by atomic mass is 9.76. The molecule has 1 aliphatic rings. The Hall–Kier alpha value is -3.26. The fraction of sp³-hybridized carbons (Fsp3) is 0.238. The molecular formula is C21H21N3O2. The summed E-state index contributed by atoms with van der Waals surface area (Å²) in [4.78, 5) is 12.2. The largest absolute Gasteiger partial charge is 0.457 e. The maximum Gasteiger partial charge on any atom is 0.175 e. The number of rotatable bonds is 4. The van der Waals surface area contributed by atoms with Crippen molar-refractivity contribution in [2.24, 2.45) is 5.41 Å². The molecule has 0 spiro atoms. The van der Waals surface area contributed by atoms with Crippen LogP contribution in [0, 0.1) is 16.7 Å². The molecule has 5 heteroatoms. The van der Waals surface area contributed by atoms with Gasteiger partial charge in [-0.15, -0.1) is 0 Å². The van der Waals surface area contributed by atoms with Crippen LogP contribution in [0.5, 0.6) is 11.5 Å². The number of ketones is 1. The highest BCUT2D eigenvalue weighted by molar-refractivity contribution is 6.01. The topological polar surface area (TPSA) is 88.1 Å². The smallest absolute Gasteiger partial charge is 0.175 e. The van der Waals surface area contributed by atoms with E-state index in [1.54, 1.807) is 24.3 Å². The van der Waals surface area contributed by atoms with E-state index in [1.165, 1.54) is 0 Å². The Balaban J connectivity index is 1.75. The zero-order chi connectivity index (χ0) is 18.7. The predicted molar refractivity (Wildman–Crippen MR) is 102 cm³/mol. The minimum atomic E-state index is -0.155. The highest BCUT2D eigenvalue weighted by Crippen LogP contribution is 2.37. The zero-order valence-corrected chi connectivity index (χ0v) is 14.9. The van der Waals surface area contributed by atoms with Gasteiger partial charge in [-0.25, -0.2) is 0 Å². The number of allylic oxidation sites excluding steroid dienone is 2. The quantitative estimate of drug-likeness (QED) is 0.787. The highest BCUT2D eigenvalue weighted by Gasteiger charge is 2.33. The second kappa shape index (κ2) is 6.93. The molecule has 5 nitrogen and oxygen atoms in total. The number of nitrogens with one attached hydrogen (secondary N) is 1. The first kappa shape index (κ1) is 17.6. The lowest BCUT2D eigenvalue weighted by Crippen LogP contribution is -2.27. The van der Waals surface area contributed by atoms with Gasteiger partial charge in [-0.05, 0) is 60.4 Å². The van der Waals surface area contributed by atoms with Gasteiger partial charge in [-0.3, -0.25) is 4.79 Å². The molecule has 0 atom stereocenters. The van der Waals surface area contributed by atoms with E-state index in [-0.39, 0.29) is 16.8 Å². The van der Waals surface area contributed by atoms with E-state index in [0.29, 0.717) is 35.7 Å². The molecule has 2 aromatic rings. The van der Waals surface area contributed by atoms with Crippen molar-refractivity contribution >= 4 is 17.2 Å². The van der Waals surface area contributed by atoms with Crippen LogP contribution in [-0.2, 0) is 4.79 Å². The highest BCUT2D eigenvalue weighted by atomic mass is 16.5. The van der Waals surface area contributed by atoms with E-state index < -0.39 is 0 Å². The summed E-state index contributed by atoms with van der Waals surface area (Å²) in [5.41, 5.74) is 7.91. The van der Waals surface area contributed by atoms with Crippen molar-refractivity contribution in [2.45, 2.75) is 26.7 Å². The number of hydrogen-bond donors (Lipinski definition) is 2. The number of hydrogen-bond acceptors (Lipinski definition) is 5. The van der Waals surface area contributed by atoms with Crippen LogP contribution in [0.1, 0.15) is 26.7 Å². The average molecular weight is 347 g/mol. The number of nitrogens with two attached hydrogens (primary N) is 1. The van der Waals surface area contributed by atoms with Gasteiger partial charge in [0.2, 0.25) is 0 Å². The van der Waals surface area contributed by atoms with E-state index in [0.717, 1.165) is 5.69 Å². The van der Waals surface area contributed by atoms with Crippen LogP contribution in [0.2, 0.25) is 0 Å². The van der Waals surface area contributed by atoms with Crippen molar-refractivity contribution < 1.29 is 9.53 Å². The van der Waals surface area contributed by atoms with Gasteiger partial charge >= 0.3 is 0 Å². The molecule has 3 rings (SSSR count). The monoisotopic (exact) mass is 347 g/mol. The molecule has 132 valence electrons. The van der Waals surface area contributed by atoms with Gasteiger partial charge in [-0.2, -0.15) is 5.26 Å². The molecule has 0 aromatic heterocycles. The second-order valence-electron chi connectivity index (χ2n) is 7.23. The van der Waals surface area contributed by atoms with Crippen LogP contribution in [0.4, 0.5) is 11.4 Å². The molecule has 0 heterocycles. The van der Waals surface area contributed by atoms with E-state index in [9.17, 15) is 10.1 Å². The van der Waals surface area contributed by atoms with Crippen molar-refractivity contribution in [3.05, 3.63) is 59.8 Å². The molecule has 0 radical (unpaired) electrons. The third kappa shape index (κ3) is 4.04. The number of carbonyl (C=O) groups is 1. The predicted octanol–water partition coefficient (Wildman–Crippen LogP) is 4.64. The zero-order valence-electron chi connectivity index (χ0n) is 14.9. The SMILES string of the molecule is CC1(C)CC(=O)C(C#N)=C(Nc2ccc(Oc3ccc(N)cc3)cc2)C1. The Morgan fingerprint density at radius 2 is 1.62 bits per heavy atom. The van der Waals surface area contributed by atoms with Crippen LogP contribution < -0.4 is 15.8 Å². The van der Waals surface area contributed by atoms with Crippen LogP contribution >= 0.6 is 0 Å². The number of carbonyl (C=O) groups excluding carboxylic acids is 1. The van der Waals surface area contributed by atoms with Crippen molar-refractivity contribution in [2.75, 3.05) is 11.1 Å². The van der Waals surface area contributed by atoms with E-state index >= 15 is 0 Å². The molecule has 0 amide bonds. The lowest BCUT2D eigenvalue weighted by Gasteiger charge is -2.30. The molecule has 0 fully saturated rings. The fourth-order valence-electron chi connectivity index (χ4n) is 3.01. The minimum Gasteiger partial charge on any atom is -0.457 e. The number of Topliss-reactive ketones (excluding diaryl/α,β-unsaturated/α-hetero) is 1. The maximum atomic E-state index is 12.2. The summed E-state index contributed by atoms with van der Waals surface area (Å²) in [6, 6.07) is 16.6. The van der Waals surface area contributed by atoms with E-state index in [2.05, 4.69) is 5.32 Å². The van der Waals surface area contributed by atoms with Crippen LogP contribution in [0.25, 0.3) is 0 Å². The van der Waals surface area contributed by atoms with Crippen LogP contribution in [-0.4, -0.2) is 5.78 Å². The van der Waals surface area contributed by atoms with Gasteiger partial charge < -0.3 is 15.8 Å². The van der Waals surface area contributed by atoms with Gasteiger partial charge in [0.05, 0.1) is 0 Å². The summed E-state index contributed by atoms with van der Waals surface area (Å²) in [5, 5.41) is 12.5.